The number of carbonyl (C=O) groups is 2. The molecule has 0 aromatic heterocycles. The summed E-state index contributed by atoms with van der Waals surface area (Å²) in [7, 11) is 0. The molecule has 6 heteroatoms. The Kier molecular flexibility index (Phi) is 5.59. The molecule has 1 heterocycles. The van der Waals surface area contributed by atoms with Crippen LogP contribution in [-0.4, -0.2) is 45.9 Å². The fourth-order valence-electron chi connectivity index (χ4n) is 2.52. The Bertz CT molecular complexity index is 394. The largest absolute Gasteiger partial charge is 0.480 e. The molecule has 1 N–H and O–H groups in total. The normalized spacial score (nSPS) is 26.5. The van der Waals surface area contributed by atoms with Gasteiger partial charge >= 0.3 is 12.1 Å². The van der Waals surface area contributed by atoms with Crippen LogP contribution in [0.1, 0.15) is 59.8 Å². The zero-order chi connectivity index (χ0) is 16.3. The molecule has 0 radical (unpaired) electrons. The lowest BCUT2D eigenvalue weighted by Gasteiger charge is -2.41. The third-order valence-corrected chi connectivity index (χ3v) is 3.63. The van der Waals surface area contributed by atoms with Gasteiger partial charge in [-0.1, -0.05) is 19.8 Å². The first-order valence-electron chi connectivity index (χ1n) is 7.49. The second-order valence-corrected chi connectivity index (χ2v) is 6.74. The first-order chi connectivity index (χ1) is 9.58. The van der Waals surface area contributed by atoms with Crippen LogP contribution in [-0.2, 0) is 9.53 Å². The van der Waals surface area contributed by atoms with Gasteiger partial charge in [-0.05, 0) is 33.6 Å². The van der Waals surface area contributed by atoms with Crippen molar-refractivity contribution in [1.29, 1.82) is 0 Å². The van der Waals surface area contributed by atoms with E-state index in [-0.39, 0.29) is 19.4 Å². The fraction of sp³-hybridized carbons (Fsp3) is 0.867. The SMILES string of the molecule is CCCCC1(F)CCN(C(=O)OC(C)(C)C)C(C(=O)O)C1. The minimum atomic E-state index is -1.50. The van der Waals surface area contributed by atoms with E-state index in [1.54, 1.807) is 20.8 Å². The Balaban J connectivity index is 2.80. The monoisotopic (exact) mass is 303 g/mol. The molecule has 21 heavy (non-hydrogen) atoms. The van der Waals surface area contributed by atoms with E-state index < -0.39 is 29.4 Å². The summed E-state index contributed by atoms with van der Waals surface area (Å²) in [5.74, 6) is -1.18. The summed E-state index contributed by atoms with van der Waals surface area (Å²) in [6.45, 7) is 7.18. The van der Waals surface area contributed by atoms with E-state index in [1.807, 2.05) is 6.92 Å². The van der Waals surface area contributed by atoms with Gasteiger partial charge < -0.3 is 9.84 Å². The summed E-state index contributed by atoms with van der Waals surface area (Å²) in [5.41, 5.74) is -2.20. The molecule has 0 aromatic carbocycles. The summed E-state index contributed by atoms with van der Waals surface area (Å²) in [6, 6.07) is -1.16. The maximum atomic E-state index is 14.7. The molecule has 0 aliphatic carbocycles. The van der Waals surface area contributed by atoms with Gasteiger partial charge in [0.25, 0.3) is 0 Å². The molecule has 1 aliphatic rings. The molecule has 0 aromatic rings. The van der Waals surface area contributed by atoms with Crippen LogP contribution in [0.4, 0.5) is 9.18 Å². The molecule has 1 aliphatic heterocycles. The fourth-order valence-corrected chi connectivity index (χ4v) is 2.52. The number of likely N-dealkylation sites (tertiary alicyclic amines) is 1. The maximum absolute atomic E-state index is 14.7. The number of unbranched alkanes of at least 4 members (excludes halogenated alkanes) is 1. The lowest BCUT2D eigenvalue weighted by molar-refractivity contribution is -0.147. The van der Waals surface area contributed by atoms with Crippen molar-refractivity contribution in [1.82, 2.24) is 4.90 Å². The Morgan fingerprint density at radius 2 is 2.05 bits per heavy atom. The predicted molar refractivity (Wildman–Crippen MR) is 77.0 cm³/mol. The zero-order valence-corrected chi connectivity index (χ0v) is 13.3. The van der Waals surface area contributed by atoms with Gasteiger partial charge in [-0.15, -0.1) is 0 Å². The third-order valence-electron chi connectivity index (χ3n) is 3.63. The van der Waals surface area contributed by atoms with Crippen LogP contribution >= 0.6 is 0 Å². The van der Waals surface area contributed by atoms with Crippen LogP contribution in [0.2, 0.25) is 0 Å². The molecule has 0 spiro atoms. The lowest BCUT2D eigenvalue weighted by Crippen LogP contribution is -2.55. The van der Waals surface area contributed by atoms with Gasteiger partial charge in [0.15, 0.2) is 0 Å². The van der Waals surface area contributed by atoms with E-state index in [0.717, 1.165) is 17.7 Å². The standard InChI is InChI=1S/C15H26FNO4/c1-5-6-7-15(16)8-9-17(11(10-15)12(18)19)13(20)21-14(2,3)4/h11H,5-10H2,1-4H3,(H,18,19). The number of carboxylic acid groups (broad SMARTS) is 1. The predicted octanol–water partition coefficient (Wildman–Crippen LogP) is 3.37. The van der Waals surface area contributed by atoms with Crippen molar-refractivity contribution in [3.8, 4) is 0 Å². The highest BCUT2D eigenvalue weighted by atomic mass is 19.1. The quantitative estimate of drug-likeness (QED) is 0.864. The first kappa shape index (κ1) is 17.7. The van der Waals surface area contributed by atoms with Gasteiger partial charge in [0.05, 0.1) is 0 Å². The number of nitrogens with zero attached hydrogens (tertiary/aromatic N) is 1. The second kappa shape index (κ2) is 6.62. The summed E-state index contributed by atoms with van der Waals surface area (Å²) >= 11 is 0. The van der Waals surface area contributed by atoms with E-state index >= 15 is 0 Å². The van der Waals surface area contributed by atoms with Gasteiger partial charge in [0.1, 0.15) is 17.3 Å². The van der Waals surface area contributed by atoms with Crippen molar-refractivity contribution in [3.05, 3.63) is 0 Å². The van der Waals surface area contributed by atoms with Crippen LogP contribution in [0, 0.1) is 0 Å². The number of hydrogen-bond acceptors (Lipinski definition) is 3. The Morgan fingerprint density at radius 3 is 2.52 bits per heavy atom. The summed E-state index contributed by atoms with van der Waals surface area (Å²) in [4.78, 5) is 24.6. The third kappa shape index (κ3) is 5.17. The number of carbonyl (C=O) groups excluding carboxylic acids is 1. The van der Waals surface area contributed by atoms with Crippen LogP contribution < -0.4 is 0 Å². The average Bonchev–Trinajstić information content (AvgIpc) is 2.34. The zero-order valence-electron chi connectivity index (χ0n) is 13.3. The molecular weight excluding hydrogens is 277 g/mol. The number of rotatable bonds is 4. The smallest absolute Gasteiger partial charge is 0.411 e. The molecule has 0 bridgehead atoms. The van der Waals surface area contributed by atoms with Gasteiger partial charge in [0.2, 0.25) is 0 Å². The van der Waals surface area contributed by atoms with E-state index in [9.17, 15) is 19.1 Å². The van der Waals surface area contributed by atoms with Crippen LogP contribution in [0.5, 0.6) is 0 Å². The molecule has 2 unspecified atom stereocenters. The van der Waals surface area contributed by atoms with Crippen LogP contribution in [0.3, 0.4) is 0 Å². The number of hydrogen-bond donors (Lipinski definition) is 1. The summed E-state index contributed by atoms with van der Waals surface area (Å²) in [5, 5.41) is 9.30. The highest BCUT2D eigenvalue weighted by Gasteiger charge is 2.45. The van der Waals surface area contributed by atoms with E-state index in [2.05, 4.69) is 0 Å². The first-order valence-corrected chi connectivity index (χ1v) is 7.49. The Hall–Kier alpha value is -1.33. The number of halogens is 1. The van der Waals surface area contributed by atoms with Crippen LogP contribution in [0.25, 0.3) is 0 Å². The van der Waals surface area contributed by atoms with Gasteiger partial charge in [-0.3, -0.25) is 4.90 Å². The maximum Gasteiger partial charge on any atom is 0.411 e. The van der Waals surface area contributed by atoms with Crippen molar-refractivity contribution in [2.75, 3.05) is 6.54 Å². The molecule has 1 amide bonds. The minimum absolute atomic E-state index is 0.0755. The molecule has 1 saturated heterocycles. The number of aliphatic carboxylic acids is 1. The van der Waals surface area contributed by atoms with E-state index in [0.29, 0.717) is 6.42 Å². The summed E-state index contributed by atoms with van der Waals surface area (Å²) in [6.07, 6.45) is 1.23. The minimum Gasteiger partial charge on any atom is -0.480 e. The molecule has 1 rings (SSSR count). The topological polar surface area (TPSA) is 66.8 Å². The van der Waals surface area contributed by atoms with Crippen molar-refractivity contribution >= 4 is 12.1 Å². The van der Waals surface area contributed by atoms with Crippen molar-refractivity contribution in [2.45, 2.75) is 77.1 Å². The molecular formula is C15H26FNO4. The van der Waals surface area contributed by atoms with Gasteiger partial charge in [0, 0.05) is 13.0 Å². The van der Waals surface area contributed by atoms with Crippen molar-refractivity contribution in [3.63, 3.8) is 0 Å². The van der Waals surface area contributed by atoms with Crippen molar-refractivity contribution < 1.29 is 23.8 Å². The molecule has 122 valence electrons. The summed E-state index contributed by atoms with van der Waals surface area (Å²) < 4.78 is 19.9. The number of amides is 1. The molecule has 2 atom stereocenters. The molecule has 0 saturated carbocycles. The van der Waals surface area contributed by atoms with Gasteiger partial charge in [-0.2, -0.15) is 0 Å². The number of piperidine rings is 1. The number of carboxylic acids is 1. The molecule has 1 fully saturated rings. The Labute approximate surface area is 125 Å². The van der Waals surface area contributed by atoms with Crippen molar-refractivity contribution in [2.24, 2.45) is 0 Å². The van der Waals surface area contributed by atoms with E-state index in [1.165, 1.54) is 0 Å². The Morgan fingerprint density at radius 1 is 1.43 bits per heavy atom. The second-order valence-electron chi connectivity index (χ2n) is 6.74. The average molecular weight is 303 g/mol. The lowest BCUT2D eigenvalue weighted by atomic mass is 9.84. The van der Waals surface area contributed by atoms with Crippen LogP contribution in [0.15, 0.2) is 0 Å². The number of ether oxygens (including phenoxy) is 1. The van der Waals surface area contributed by atoms with E-state index in [4.69, 9.17) is 4.74 Å². The molecule has 5 nitrogen and oxygen atoms in total. The highest BCUT2D eigenvalue weighted by Crippen LogP contribution is 2.35. The number of alkyl halides is 1. The van der Waals surface area contributed by atoms with Gasteiger partial charge in [-0.25, -0.2) is 14.0 Å². The highest BCUT2D eigenvalue weighted by molar-refractivity contribution is 5.80.